The van der Waals surface area contributed by atoms with Crippen LogP contribution in [0.3, 0.4) is 0 Å². The third-order valence-corrected chi connectivity index (χ3v) is 3.31. The fourth-order valence-electron chi connectivity index (χ4n) is 1.69. The van der Waals surface area contributed by atoms with Gasteiger partial charge in [-0.3, -0.25) is 4.79 Å². The highest BCUT2D eigenvalue weighted by Crippen LogP contribution is 2.31. The van der Waals surface area contributed by atoms with Crippen LogP contribution in [0.5, 0.6) is 5.75 Å². The number of carbonyl (C=O) groups is 1. The Morgan fingerprint density at radius 3 is 2.95 bits per heavy atom. The zero-order valence-corrected chi connectivity index (χ0v) is 11.1. The molecule has 1 atom stereocenters. The fraction of sp³-hybridized carbons (Fsp3) is 0.462. The van der Waals surface area contributed by atoms with Crippen molar-refractivity contribution in [2.75, 3.05) is 13.2 Å². The summed E-state index contributed by atoms with van der Waals surface area (Å²) < 4.78 is 18.1. The third-order valence-electron chi connectivity index (χ3n) is 3.02. The molecule has 0 heterocycles. The molecular weight excluding hydrogens is 271 g/mol. The Labute approximate surface area is 116 Å². The van der Waals surface area contributed by atoms with Gasteiger partial charge in [-0.1, -0.05) is 11.6 Å². The molecule has 0 aromatic heterocycles. The van der Waals surface area contributed by atoms with E-state index in [9.17, 15) is 9.18 Å². The van der Waals surface area contributed by atoms with E-state index in [1.807, 2.05) is 0 Å². The summed E-state index contributed by atoms with van der Waals surface area (Å²) >= 11 is 5.60. The Bertz CT molecular complexity index is 466. The largest absolute Gasteiger partial charge is 0.484 e. The summed E-state index contributed by atoms with van der Waals surface area (Å²) in [6.45, 7) is 0.316. The molecule has 1 aromatic rings. The number of benzene rings is 1. The van der Waals surface area contributed by atoms with Gasteiger partial charge in [0.1, 0.15) is 11.6 Å². The summed E-state index contributed by atoms with van der Waals surface area (Å²) in [6, 6.07) is 3.97. The van der Waals surface area contributed by atoms with Crippen molar-refractivity contribution < 1.29 is 13.9 Å². The number of hydrogen-bond acceptors (Lipinski definition) is 3. The molecule has 3 N–H and O–H groups in total. The molecular formula is C13H16ClFN2O2. The molecule has 1 aromatic carbocycles. The van der Waals surface area contributed by atoms with Crippen LogP contribution in [0.1, 0.15) is 12.8 Å². The second kappa shape index (κ2) is 6.21. The van der Waals surface area contributed by atoms with Gasteiger partial charge in [0.15, 0.2) is 6.61 Å². The maximum atomic E-state index is 12.9. The van der Waals surface area contributed by atoms with E-state index < -0.39 is 5.82 Å². The molecule has 6 heteroatoms. The van der Waals surface area contributed by atoms with E-state index in [0.29, 0.717) is 18.2 Å². The SMILES string of the molecule is NC(CNC(=O)COc1ccc(F)c(Cl)c1)C1CC1. The first kappa shape index (κ1) is 14.1. The van der Waals surface area contributed by atoms with Crippen LogP contribution in [0.15, 0.2) is 18.2 Å². The van der Waals surface area contributed by atoms with Gasteiger partial charge in [0.05, 0.1) is 5.02 Å². The normalized spacial score (nSPS) is 15.9. The second-order valence-corrected chi connectivity index (χ2v) is 5.08. The highest BCUT2D eigenvalue weighted by atomic mass is 35.5. The number of hydrogen-bond donors (Lipinski definition) is 2. The van der Waals surface area contributed by atoms with Crippen LogP contribution >= 0.6 is 11.6 Å². The number of carbonyl (C=O) groups excluding carboxylic acids is 1. The zero-order chi connectivity index (χ0) is 13.8. The molecule has 104 valence electrons. The lowest BCUT2D eigenvalue weighted by atomic mass is 10.2. The second-order valence-electron chi connectivity index (χ2n) is 4.67. The van der Waals surface area contributed by atoms with Crippen LogP contribution in [0, 0.1) is 11.7 Å². The van der Waals surface area contributed by atoms with Gasteiger partial charge < -0.3 is 15.8 Å². The Morgan fingerprint density at radius 1 is 1.58 bits per heavy atom. The predicted molar refractivity (Wildman–Crippen MR) is 70.6 cm³/mol. The van der Waals surface area contributed by atoms with Gasteiger partial charge in [0.25, 0.3) is 5.91 Å². The van der Waals surface area contributed by atoms with E-state index >= 15 is 0 Å². The topological polar surface area (TPSA) is 64.3 Å². The van der Waals surface area contributed by atoms with E-state index in [2.05, 4.69) is 5.32 Å². The molecule has 2 rings (SSSR count). The average molecular weight is 287 g/mol. The molecule has 0 bridgehead atoms. The lowest BCUT2D eigenvalue weighted by Crippen LogP contribution is -2.40. The number of amides is 1. The molecule has 1 saturated carbocycles. The minimum atomic E-state index is -0.520. The molecule has 0 aliphatic heterocycles. The summed E-state index contributed by atoms with van der Waals surface area (Å²) in [5.41, 5.74) is 5.86. The minimum Gasteiger partial charge on any atom is -0.484 e. The number of rotatable bonds is 6. The standard InChI is InChI=1S/C13H16ClFN2O2/c14-10-5-9(3-4-11(10)15)19-7-13(18)17-6-12(16)8-1-2-8/h3-5,8,12H,1-2,6-7,16H2,(H,17,18). The summed E-state index contributed by atoms with van der Waals surface area (Å²) in [5, 5.41) is 2.67. The lowest BCUT2D eigenvalue weighted by Gasteiger charge is -2.12. The average Bonchev–Trinajstić information content (AvgIpc) is 3.21. The Kier molecular flexibility index (Phi) is 4.61. The Morgan fingerprint density at radius 2 is 2.32 bits per heavy atom. The van der Waals surface area contributed by atoms with Crippen molar-refractivity contribution in [1.82, 2.24) is 5.32 Å². The van der Waals surface area contributed by atoms with Crippen molar-refractivity contribution in [1.29, 1.82) is 0 Å². The summed E-state index contributed by atoms with van der Waals surface area (Å²) in [5.74, 6) is 0.121. The van der Waals surface area contributed by atoms with Gasteiger partial charge >= 0.3 is 0 Å². The molecule has 19 heavy (non-hydrogen) atoms. The molecule has 1 fully saturated rings. The van der Waals surface area contributed by atoms with Crippen molar-refractivity contribution >= 4 is 17.5 Å². The zero-order valence-electron chi connectivity index (χ0n) is 10.4. The fourth-order valence-corrected chi connectivity index (χ4v) is 1.86. The van der Waals surface area contributed by atoms with Gasteiger partial charge in [0, 0.05) is 18.7 Å². The van der Waals surface area contributed by atoms with Gasteiger partial charge in [-0.15, -0.1) is 0 Å². The van der Waals surface area contributed by atoms with E-state index in [4.69, 9.17) is 22.1 Å². The van der Waals surface area contributed by atoms with Crippen LogP contribution in [-0.4, -0.2) is 25.1 Å². The summed E-state index contributed by atoms with van der Waals surface area (Å²) in [4.78, 5) is 11.5. The Balaban J connectivity index is 1.71. The Hall–Kier alpha value is -1.33. The van der Waals surface area contributed by atoms with E-state index in [-0.39, 0.29) is 23.6 Å². The van der Waals surface area contributed by atoms with Gasteiger partial charge in [-0.05, 0) is 30.9 Å². The molecule has 0 saturated heterocycles. The molecule has 1 aliphatic carbocycles. The summed E-state index contributed by atoms with van der Waals surface area (Å²) in [7, 11) is 0. The highest BCUT2D eigenvalue weighted by Gasteiger charge is 2.28. The van der Waals surface area contributed by atoms with Crippen LogP contribution in [0.25, 0.3) is 0 Å². The first-order valence-corrected chi connectivity index (χ1v) is 6.54. The van der Waals surface area contributed by atoms with E-state index in [0.717, 1.165) is 12.8 Å². The van der Waals surface area contributed by atoms with Crippen molar-refractivity contribution in [3.05, 3.63) is 29.0 Å². The van der Waals surface area contributed by atoms with Crippen LogP contribution in [0.4, 0.5) is 4.39 Å². The van der Waals surface area contributed by atoms with Crippen molar-refractivity contribution in [3.63, 3.8) is 0 Å². The van der Waals surface area contributed by atoms with Crippen molar-refractivity contribution in [2.45, 2.75) is 18.9 Å². The molecule has 4 nitrogen and oxygen atoms in total. The third kappa shape index (κ3) is 4.36. The highest BCUT2D eigenvalue weighted by molar-refractivity contribution is 6.30. The van der Waals surface area contributed by atoms with Gasteiger partial charge in [-0.25, -0.2) is 4.39 Å². The molecule has 0 spiro atoms. The maximum Gasteiger partial charge on any atom is 0.257 e. The molecule has 1 amide bonds. The smallest absolute Gasteiger partial charge is 0.257 e. The van der Waals surface area contributed by atoms with Crippen LogP contribution in [-0.2, 0) is 4.79 Å². The van der Waals surface area contributed by atoms with Crippen molar-refractivity contribution in [3.8, 4) is 5.75 Å². The molecule has 1 unspecified atom stereocenters. The first-order chi connectivity index (χ1) is 9.06. The van der Waals surface area contributed by atoms with Crippen molar-refractivity contribution in [2.24, 2.45) is 11.7 Å². The summed E-state index contributed by atoms with van der Waals surface area (Å²) in [6.07, 6.45) is 2.28. The van der Waals surface area contributed by atoms with E-state index in [1.54, 1.807) is 0 Å². The lowest BCUT2D eigenvalue weighted by molar-refractivity contribution is -0.123. The van der Waals surface area contributed by atoms with Crippen LogP contribution < -0.4 is 15.8 Å². The van der Waals surface area contributed by atoms with Gasteiger partial charge in [-0.2, -0.15) is 0 Å². The quantitative estimate of drug-likeness (QED) is 0.837. The van der Waals surface area contributed by atoms with Gasteiger partial charge in [0.2, 0.25) is 0 Å². The number of halogens is 2. The first-order valence-electron chi connectivity index (χ1n) is 6.16. The minimum absolute atomic E-state index is 0.0178. The molecule has 1 aliphatic rings. The van der Waals surface area contributed by atoms with E-state index in [1.165, 1.54) is 18.2 Å². The number of nitrogens with two attached hydrogens (primary N) is 1. The molecule has 0 radical (unpaired) electrons. The predicted octanol–water partition coefficient (Wildman–Crippen LogP) is 1.71. The van der Waals surface area contributed by atoms with Crippen LogP contribution in [0.2, 0.25) is 5.02 Å². The number of nitrogens with one attached hydrogen (secondary N) is 1. The monoisotopic (exact) mass is 286 g/mol. The number of ether oxygens (including phenoxy) is 1. The maximum absolute atomic E-state index is 12.9.